The van der Waals surface area contributed by atoms with Crippen LogP contribution in [0.4, 0.5) is 0 Å². The number of amides is 2. The molecule has 0 radical (unpaired) electrons. The maximum atomic E-state index is 11.3. The van der Waals surface area contributed by atoms with Gasteiger partial charge in [-0.05, 0) is 19.8 Å². The fraction of sp³-hybridized carbons (Fsp3) is 0.833. The highest BCUT2D eigenvalue weighted by atomic mass is 16.2. The Labute approximate surface area is 104 Å². The molecule has 0 heterocycles. The van der Waals surface area contributed by atoms with E-state index in [4.69, 9.17) is 0 Å². The maximum Gasteiger partial charge on any atom is 0.234 e. The Morgan fingerprint density at radius 3 is 2.24 bits per heavy atom. The largest absolute Gasteiger partial charge is 0.356 e. The molecule has 0 unspecified atom stereocenters. The summed E-state index contributed by atoms with van der Waals surface area (Å²) in [6.45, 7) is 9.41. The first kappa shape index (κ1) is 15.9. The van der Waals surface area contributed by atoms with Crippen LogP contribution in [0.2, 0.25) is 0 Å². The molecule has 0 atom stereocenters. The van der Waals surface area contributed by atoms with Gasteiger partial charge in [0.2, 0.25) is 11.8 Å². The van der Waals surface area contributed by atoms with Crippen LogP contribution < -0.4 is 16.0 Å². The van der Waals surface area contributed by atoms with Crippen molar-refractivity contribution in [2.45, 2.75) is 40.2 Å². The van der Waals surface area contributed by atoms with Gasteiger partial charge < -0.3 is 16.0 Å². The SMILES string of the molecule is CC(C)CNC(=O)CCNCC(=O)NC(C)C. The van der Waals surface area contributed by atoms with Gasteiger partial charge >= 0.3 is 0 Å². The lowest BCUT2D eigenvalue weighted by atomic mass is 10.2. The molecule has 2 amide bonds. The lowest BCUT2D eigenvalue weighted by Gasteiger charge is -2.10. The highest BCUT2D eigenvalue weighted by Crippen LogP contribution is 1.87. The second-order valence-electron chi connectivity index (χ2n) is 4.85. The molecule has 5 nitrogen and oxygen atoms in total. The zero-order valence-corrected chi connectivity index (χ0v) is 11.3. The Kier molecular flexibility index (Phi) is 8.40. The number of rotatable bonds is 8. The molecule has 5 heteroatoms. The van der Waals surface area contributed by atoms with Crippen molar-refractivity contribution in [3.63, 3.8) is 0 Å². The monoisotopic (exact) mass is 243 g/mol. The van der Waals surface area contributed by atoms with Crippen LogP contribution in [-0.2, 0) is 9.59 Å². The Balaban J connectivity index is 3.44. The van der Waals surface area contributed by atoms with Gasteiger partial charge in [-0.25, -0.2) is 0 Å². The molecule has 17 heavy (non-hydrogen) atoms. The van der Waals surface area contributed by atoms with Crippen molar-refractivity contribution in [2.24, 2.45) is 5.92 Å². The summed E-state index contributed by atoms with van der Waals surface area (Å²) >= 11 is 0. The minimum absolute atomic E-state index is 0.0236. The Morgan fingerprint density at radius 2 is 1.71 bits per heavy atom. The van der Waals surface area contributed by atoms with Crippen LogP contribution in [0.5, 0.6) is 0 Å². The predicted molar refractivity (Wildman–Crippen MR) is 68.6 cm³/mol. The van der Waals surface area contributed by atoms with Gasteiger partial charge in [0.25, 0.3) is 0 Å². The quantitative estimate of drug-likeness (QED) is 0.536. The van der Waals surface area contributed by atoms with E-state index in [0.29, 0.717) is 25.4 Å². The maximum absolute atomic E-state index is 11.3. The zero-order chi connectivity index (χ0) is 13.3. The second kappa shape index (κ2) is 8.98. The Morgan fingerprint density at radius 1 is 1.06 bits per heavy atom. The smallest absolute Gasteiger partial charge is 0.234 e. The molecular weight excluding hydrogens is 218 g/mol. The fourth-order valence-electron chi connectivity index (χ4n) is 1.18. The molecule has 0 aliphatic rings. The van der Waals surface area contributed by atoms with E-state index in [1.165, 1.54) is 0 Å². The Bertz CT molecular complexity index is 240. The van der Waals surface area contributed by atoms with Gasteiger partial charge in [-0.1, -0.05) is 13.8 Å². The van der Waals surface area contributed by atoms with Gasteiger partial charge in [-0.2, -0.15) is 0 Å². The highest BCUT2D eigenvalue weighted by Gasteiger charge is 2.04. The first-order valence-corrected chi connectivity index (χ1v) is 6.18. The number of carbonyl (C=O) groups excluding carboxylic acids is 2. The van der Waals surface area contributed by atoms with Gasteiger partial charge in [-0.15, -0.1) is 0 Å². The molecule has 0 bridgehead atoms. The van der Waals surface area contributed by atoms with E-state index < -0.39 is 0 Å². The molecular formula is C12H25N3O2. The molecule has 0 aromatic rings. The summed E-state index contributed by atoms with van der Waals surface area (Å²) in [5, 5.41) is 8.53. The van der Waals surface area contributed by atoms with E-state index in [0.717, 1.165) is 0 Å². The zero-order valence-electron chi connectivity index (χ0n) is 11.3. The lowest BCUT2D eigenvalue weighted by Crippen LogP contribution is -2.39. The van der Waals surface area contributed by atoms with Crippen LogP contribution in [0, 0.1) is 5.92 Å². The average molecular weight is 243 g/mol. The van der Waals surface area contributed by atoms with Gasteiger partial charge in [0.05, 0.1) is 6.54 Å². The Hall–Kier alpha value is -1.10. The highest BCUT2D eigenvalue weighted by molar-refractivity contribution is 5.78. The standard InChI is InChI=1S/C12H25N3O2/c1-9(2)7-14-11(16)5-6-13-8-12(17)15-10(3)4/h9-10,13H,5-8H2,1-4H3,(H,14,16)(H,15,17). The summed E-state index contributed by atoms with van der Waals surface area (Å²) < 4.78 is 0. The molecule has 3 N–H and O–H groups in total. The summed E-state index contributed by atoms with van der Waals surface area (Å²) in [5.74, 6) is 0.446. The summed E-state index contributed by atoms with van der Waals surface area (Å²) in [4.78, 5) is 22.6. The minimum atomic E-state index is -0.0393. The number of hydrogen-bond donors (Lipinski definition) is 3. The fourth-order valence-corrected chi connectivity index (χ4v) is 1.18. The van der Waals surface area contributed by atoms with Crippen molar-refractivity contribution >= 4 is 11.8 Å². The molecule has 0 aromatic carbocycles. The summed E-state index contributed by atoms with van der Waals surface area (Å²) in [5.41, 5.74) is 0. The number of hydrogen-bond acceptors (Lipinski definition) is 3. The second-order valence-corrected chi connectivity index (χ2v) is 4.85. The van der Waals surface area contributed by atoms with Gasteiger partial charge in [-0.3, -0.25) is 9.59 Å². The summed E-state index contributed by atoms with van der Waals surface area (Å²) in [7, 11) is 0. The average Bonchev–Trinajstić information content (AvgIpc) is 2.20. The van der Waals surface area contributed by atoms with E-state index >= 15 is 0 Å². The van der Waals surface area contributed by atoms with Crippen molar-refractivity contribution in [1.29, 1.82) is 0 Å². The molecule has 0 aliphatic carbocycles. The molecule has 0 saturated carbocycles. The van der Waals surface area contributed by atoms with Crippen molar-refractivity contribution in [1.82, 2.24) is 16.0 Å². The third-order valence-corrected chi connectivity index (χ3v) is 1.97. The summed E-state index contributed by atoms with van der Waals surface area (Å²) in [6.07, 6.45) is 0.404. The van der Waals surface area contributed by atoms with Crippen LogP contribution >= 0.6 is 0 Å². The van der Waals surface area contributed by atoms with Crippen molar-refractivity contribution in [2.75, 3.05) is 19.6 Å². The van der Waals surface area contributed by atoms with Crippen molar-refractivity contribution in [3.8, 4) is 0 Å². The first-order chi connectivity index (χ1) is 7.91. The molecule has 0 saturated heterocycles. The van der Waals surface area contributed by atoms with Gasteiger partial charge in [0.1, 0.15) is 0 Å². The predicted octanol–water partition coefficient (Wildman–Crippen LogP) is 0.263. The molecule has 0 aliphatic heterocycles. The summed E-state index contributed by atoms with van der Waals surface area (Å²) in [6, 6.07) is 0.152. The molecule has 0 aromatic heterocycles. The molecule has 0 spiro atoms. The van der Waals surface area contributed by atoms with Crippen LogP contribution in [0.25, 0.3) is 0 Å². The van der Waals surface area contributed by atoms with Crippen LogP contribution in [-0.4, -0.2) is 37.5 Å². The third-order valence-electron chi connectivity index (χ3n) is 1.97. The van der Waals surface area contributed by atoms with E-state index in [2.05, 4.69) is 29.8 Å². The van der Waals surface area contributed by atoms with E-state index in [9.17, 15) is 9.59 Å². The van der Waals surface area contributed by atoms with Crippen LogP contribution in [0.15, 0.2) is 0 Å². The number of carbonyl (C=O) groups is 2. The molecule has 100 valence electrons. The van der Waals surface area contributed by atoms with E-state index in [1.54, 1.807) is 0 Å². The van der Waals surface area contributed by atoms with E-state index in [1.807, 2.05) is 13.8 Å². The third kappa shape index (κ3) is 11.2. The lowest BCUT2D eigenvalue weighted by molar-refractivity contribution is -0.122. The van der Waals surface area contributed by atoms with Gasteiger partial charge in [0.15, 0.2) is 0 Å². The minimum Gasteiger partial charge on any atom is -0.356 e. The van der Waals surface area contributed by atoms with Crippen molar-refractivity contribution in [3.05, 3.63) is 0 Å². The normalized spacial score (nSPS) is 10.7. The first-order valence-electron chi connectivity index (χ1n) is 6.18. The molecule has 0 rings (SSSR count). The van der Waals surface area contributed by atoms with Crippen LogP contribution in [0.1, 0.15) is 34.1 Å². The van der Waals surface area contributed by atoms with Gasteiger partial charge in [0, 0.05) is 25.6 Å². The molecule has 0 fully saturated rings. The van der Waals surface area contributed by atoms with E-state index in [-0.39, 0.29) is 24.4 Å². The van der Waals surface area contributed by atoms with Crippen LogP contribution in [0.3, 0.4) is 0 Å². The topological polar surface area (TPSA) is 70.2 Å². The number of nitrogens with one attached hydrogen (secondary N) is 3. The van der Waals surface area contributed by atoms with Crippen molar-refractivity contribution < 1.29 is 9.59 Å².